The number of benzene rings is 2. The summed E-state index contributed by atoms with van der Waals surface area (Å²) >= 11 is 0. The van der Waals surface area contributed by atoms with Crippen molar-refractivity contribution in [3.63, 3.8) is 0 Å². The molecule has 0 heterocycles. The van der Waals surface area contributed by atoms with Crippen molar-refractivity contribution in [1.29, 1.82) is 0 Å². The number of carbonyl (C=O) groups is 2. The number of aliphatic imine (C=N–C) groups is 1. The summed E-state index contributed by atoms with van der Waals surface area (Å²) in [7, 11) is -4.09. The fourth-order valence-electron chi connectivity index (χ4n) is 2.50. The Morgan fingerprint density at radius 1 is 1.21 bits per heavy atom. The number of hydrazine groups is 2. The third-order valence-electron chi connectivity index (χ3n) is 3.81. The van der Waals surface area contributed by atoms with Crippen LogP contribution in [0.15, 0.2) is 59.6 Å². The van der Waals surface area contributed by atoms with E-state index in [1.807, 2.05) is 0 Å². The zero-order chi connectivity index (χ0) is 21.4. The molecule has 154 valence electrons. The van der Waals surface area contributed by atoms with Gasteiger partial charge in [0.05, 0.1) is 11.9 Å². The molecule has 11 heteroatoms. The van der Waals surface area contributed by atoms with E-state index in [4.69, 9.17) is 5.84 Å². The second kappa shape index (κ2) is 9.78. The normalized spacial score (nSPS) is 12.7. The van der Waals surface area contributed by atoms with Crippen molar-refractivity contribution >= 4 is 33.9 Å². The van der Waals surface area contributed by atoms with Gasteiger partial charge in [0, 0.05) is 12.0 Å². The highest BCUT2D eigenvalue weighted by Gasteiger charge is 2.34. The third kappa shape index (κ3) is 6.38. The van der Waals surface area contributed by atoms with Gasteiger partial charge in [-0.1, -0.05) is 40.8 Å². The van der Waals surface area contributed by atoms with Crippen LogP contribution in [0, 0.1) is 0 Å². The molecule has 1 unspecified atom stereocenters. The molecule has 1 amide bonds. The van der Waals surface area contributed by atoms with Gasteiger partial charge in [-0.3, -0.25) is 15.0 Å². The molecule has 0 radical (unpaired) electrons. The number of aliphatic carboxylic acids is 1. The molecule has 0 fully saturated rings. The fourth-order valence-corrected chi connectivity index (χ4v) is 3.38. The first-order valence-electron chi connectivity index (χ1n) is 8.38. The van der Waals surface area contributed by atoms with Crippen molar-refractivity contribution in [2.24, 2.45) is 10.8 Å². The minimum absolute atomic E-state index is 0.0918. The van der Waals surface area contributed by atoms with Crippen molar-refractivity contribution in [3.8, 4) is 0 Å². The molecule has 0 spiro atoms. The maximum atomic E-state index is 12.6. The molecule has 2 aromatic carbocycles. The van der Waals surface area contributed by atoms with Crippen LogP contribution in [0.1, 0.15) is 15.9 Å². The van der Waals surface area contributed by atoms with E-state index in [2.05, 4.69) is 15.8 Å². The molecule has 10 nitrogen and oxygen atoms in total. The number of carbonyl (C=O) groups excluding carboxylic acids is 1. The predicted molar refractivity (Wildman–Crippen MR) is 108 cm³/mol. The van der Waals surface area contributed by atoms with E-state index in [9.17, 15) is 23.1 Å². The van der Waals surface area contributed by atoms with Gasteiger partial charge >= 0.3 is 5.97 Å². The topological polar surface area (TPSA) is 154 Å². The first-order valence-corrected chi connectivity index (χ1v) is 10.2. The van der Waals surface area contributed by atoms with Gasteiger partial charge in [0.2, 0.25) is 10.0 Å². The lowest BCUT2D eigenvalue weighted by Gasteiger charge is -2.27. The first-order chi connectivity index (χ1) is 13.7. The number of amides is 1. The monoisotopic (exact) mass is 419 g/mol. The van der Waals surface area contributed by atoms with E-state index in [1.54, 1.807) is 42.5 Å². The number of carboxylic acids is 1. The second-order valence-corrected chi connectivity index (χ2v) is 7.88. The minimum atomic E-state index is -4.09. The second-order valence-electron chi connectivity index (χ2n) is 6.02. The molecule has 0 aromatic heterocycles. The fraction of sp³-hybridized carbons (Fsp3) is 0.167. The number of carboxylic acid groups (broad SMARTS) is 1. The molecule has 1 atom stereocenters. The lowest BCUT2D eigenvalue weighted by atomic mass is 10.1. The standard InChI is InChI=1S/C18H21N5O5S/c1-29(27,28)23(16(18(25)26)10-13-6-3-2-4-7-13)22-17(24)14-8-5-9-15(11-14)20-12-21-19/h2-9,11-12,16H,10,19H2,1H3,(H,20,21)(H,22,24)(H,25,26). The lowest BCUT2D eigenvalue weighted by Crippen LogP contribution is -2.55. The van der Waals surface area contributed by atoms with E-state index in [0.29, 0.717) is 15.7 Å². The molecule has 0 saturated heterocycles. The number of nitrogens with zero attached hydrogens (tertiary/aromatic N) is 2. The minimum Gasteiger partial charge on any atom is -0.480 e. The Balaban J connectivity index is 2.31. The molecule has 2 aromatic rings. The Bertz CT molecular complexity index is 995. The van der Waals surface area contributed by atoms with Crippen molar-refractivity contribution in [2.45, 2.75) is 12.5 Å². The Morgan fingerprint density at radius 2 is 1.90 bits per heavy atom. The van der Waals surface area contributed by atoms with Crippen molar-refractivity contribution in [2.75, 3.05) is 6.26 Å². The molecule has 29 heavy (non-hydrogen) atoms. The van der Waals surface area contributed by atoms with Crippen LogP contribution in [0.5, 0.6) is 0 Å². The summed E-state index contributed by atoms with van der Waals surface area (Å²) in [6, 6.07) is 13.0. The van der Waals surface area contributed by atoms with Gasteiger partial charge in [-0.15, -0.1) is 0 Å². The van der Waals surface area contributed by atoms with Crippen molar-refractivity contribution < 1.29 is 23.1 Å². The average Bonchev–Trinajstić information content (AvgIpc) is 2.68. The van der Waals surface area contributed by atoms with Gasteiger partial charge in [-0.2, -0.15) is 0 Å². The Hall–Kier alpha value is -3.28. The average molecular weight is 419 g/mol. The number of rotatable bonds is 9. The summed E-state index contributed by atoms with van der Waals surface area (Å²) in [5, 5.41) is 9.60. The Kier molecular flexibility index (Phi) is 7.42. The van der Waals surface area contributed by atoms with E-state index < -0.39 is 27.9 Å². The van der Waals surface area contributed by atoms with Crippen LogP contribution in [0.4, 0.5) is 5.69 Å². The quantitative estimate of drug-likeness (QED) is 0.199. The highest BCUT2D eigenvalue weighted by molar-refractivity contribution is 7.88. The van der Waals surface area contributed by atoms with Gasteiger partial charge in [-0.05, 0) is 23.8 Å². The van der Waals surface area contributed by atoms with Crippen LogP contribution < -0.4 is 16.7 Å². The Labute approximate surface area is 168 Å². The molecule has 0 aliphatic heterocycles. The van der Waals surface area contributed by atoms with Gasteiger partial charge in [0.15, 0.2) is 0 Å². The van der Waals surface area contributed by atoms with Gasteiger partial charge < -0.3 is 10.5 Å². The zero-order valence-electron chi connectivity index (χ0n) is 15.5. The van der Waals surface area contributed by atoms with Crippen LogP contribution >= 0.6 is 0 Å². The summed E-state index contributed by atoms with van der Waals surface area (Å²) < 4.78 is 25.0. The van der Waals surface area contributed by atoms with E-state index in [0.717, 1.165) is 6.26 Å². The van der Waals surface area contributed by atoms with Crippen LogP contribution in [0.25, 0.3) is 0 Å². The number of sulfonamides is 1. The number of nitrogens with two attached hydrogens (primary N) is 1. The number of nitrogens with one attached hydrogen (secondary N) is 2. The highest BCUT2D eigenvalue weighted by atomic mass is 32.2. The summed E-state index contributed by atoms with van der Waals surface area (Å²) in [5.41, 5.74) is 5.50. The lowest BCUT2D eigenvalue weighted by molar-refractivity contribution is -0.142. The zero-order valence-corrected chi connectivity index (χ0v) is 16.3. The smallest absolute Gasteiger partial charge is 0.324 e. The molecule has 0 bridgehead atoms. The van der Waals surface area contributed by atoms with Crippen molar-refractivity contribution in [3.05, 3.63) is 65.7 Å². The van der Waals surface area contributed by atoms with E-state index >= 15 is 0 Å². The highest BCUT2D eigenvalue weighted by Crippen LogP contribution is 2.15. The third-order valence-corrected chi connectivity index (χ3v) is 4.87. The van der Waals surface area contributed by atoms with Crippen molar-refractivity contribution in [1.82, 2.24) is 15.3 Å². The predicted octanol–water partition coefficient (Wildman–Crippen LogP) is 0.412. The number of hydrogen-bond acceptors (Lipinski definition) is 6. The van der Waals surface area contributed by atoms with Gasteiger partial charge in [-0.25, -0.2) is 19.3 Å². The summed E-state index contributed by atoms with van der Waals surface area (Å²) in [6.07, 6.45) is 1.90. The first kappa shape index (κ1) is 22.0. The summed E-state index contributed by atoms with van der Waals surface area (Å²) in [6.45, 7) is 0. The van der Waals surface area contributed by atoms with Gasteiger partial charge in [0.25, 0.3) is 5.91 Å². The van der Waals surface area contributed by atoms with E-state index in [1.165, 1.54) is 18.5 Å². The molecule has 2 rings (SSSR count). The van der Waals surface area contributed by atoms with E-state index in [-0.39, 0.29) is 12.0 Å². The van der Waals surface area contributed by atoms with Crippen LogP contribution in [-0.4, -0.2) is 48.5 Å². The van der Waals surface area contributed by atoms with Crippen LogP contribution in [0.3, 0.4) is 0 Å². The maximum absolute atomic E-state index is 12.6. The van der Waals surface area contributed by atoms with Crippen LogP contribution in [0.2, 0.25) is 0 Å². The largest absolute Gasteiger partial charge is 0.480 e. The molecule has 0 aliphatic carbocycles. The molecular formula is C18H21N5O5S. The summed E-state index contributed by atoms with van der Waals surface area (Å²) in [5.74, 6) is 2.91. The molecule has 0 aliphatic rings. The molecule has 5 N–H and O–H groups in total. The molecular weight excluding hydrogens is 398 g/mol. The van der Waals surface area contributed by atoms with Crippen LogP contribution in [-0.2, 0) is 21.2 Å². The number of hydrogen-bond donors (Lipinski definition) is 4. The van der Waals surface area contributed by atoms with Gasteiger partial charge in [0.1, 0.15) is 12.4 Å². The summed E-state index contributed by atoms with van der Waals surface area (Å²) in [4.78, 5) is 28.3. The maximum Gasteiger partial charge on any atom is 0.324 e. The molecule has 0 saturated carbocycles. The SMILES string of the molecule is CS(=O)(=O)N(NC(=O)c1cccc(N=CNN)c1)C(Cc1ccccc1)C(=O)O. The Morgan fingerprint density at radius 3 is 2.48 bits per heavy atom.